The first-order valence-electron chi connectivity index (χ1n) is 7.56. The lowest BCUT2D eigenvalue weighted by molar-refractivity contribution is 0.0934. The molecule has 1 aromatic carbocycles. The van der Waals surface area contributed by atoms with Crippen molar-refractivity contribution in [3.63, 3.8) is 0 Å². The van der Waals surface area contributed by atoms with E-state index in [1.807, 2.05) is 37.3 Å². The molecule has 116 valence electrons. The molecule has 0 fully saturated rings. The van der Waals surface area contributed by atoms with Crippen molar-refractivity contribution in [2.75, 3.05) is 5.32 Å². The first-order valence-corrected chi connectivity index (χ1v) is 7.56. The van der Waals surface area contributed by atoms with Gasteiger partial charge < -0.3 is 10.6 Å². The maximum absolute atomic E-state index is 12.2. The number of nitrogens with zero attached hydrogens (tertiary/aromatic N) is 2. The zero-order valence-corrected chi connectivity index (χ0v) is 13.2. The fraction of sp³-hybridized carbons (Fsp3) is 0.353. The van der Waals surface area contributed by atoms with Gasteiger partial charge in [-0.15, -0.1) is 10.2 Å². The third-order valence-electron chi connectivity index (χ3n) is 3.55. The minimum absolute atomic E-state index is 0.0755. The summed E-state index contributed by atoms with van der Waals surface area (Å²) in [5.74, 6) is 0.459. The van der Waals surface area contributed by atoms with E-state index in [-0.39, 0.29) is 11.9 Å². The molecule has 1 aromatic heterocycles. The van der Waals surface area contributed by atoms with Crippen molar-refractivity contribution in [3.05, 3.63) is 53.7 Å². The van der Waals surface area contributed by atoms with Gasteiger partial charge in [-0.1, -0.05) is 37.3 Å². The SMILES string of the molecule is CCC(C)Nc1ccc(C(=O)NC(C)c2ccccc2)nn1. The molecule has 0 saturated heterocycles. The van der Waals surface area contributed by atoms with Gasteiger partial charge in [-0.3, -0.25) is 4.79 Å². The number of carbonyl (C=O) groups is 1. The molecule has 0 aliphatic heterocycles. The number of carbonyl (C=O) groups excluding carboxylic acids is 1. The van der Waals surface area contributed by atoms with E-state index in [9.17, 15) is 4.79 Å². The molecule has 22 heavy (non-hydrogen) atoms. The van der Waals surface area contributed by atoms with Crippen LogP contribution in [0.1, 0.15) is 49.3 Å². The van der Waals surface area contributed by atoms with E-state index in [2.05, 4.69) is 34.7 Å². The molecule has 2 atom stereocenters. The number of aromatic nitrogens is 2. The van der Waals surface area contributed by atoms with Gasteiger partial charge in [-0.2, -0.15) is 0 Å². The number of benzene rings is 1. The molecular weight excluding hydrogens is 276 g/mol. The smallest absolute Gasteiger partial charge is 0.272 e. The molecular formula is C17H22N4O. The van der Waals surface area contributed by atoms with Gasteiger partial charge in [0.2, 0.25) is 0 Å². The minimum Gasteiger partial charge on any atom is -0.366 e. The lowest BCUT2D eigenvalue weighted by atomic mass is 10.1. The quantitative estimate of drug-likeness (QED) is 0.859. The highest BCUT2D eigenvalue weighted by Crippen LogP contribution is 2.12. The Bertz CT molecular complexity index is 598. The number of nitrogens with one attached hydrogen (secondary N) is 2. The molecule has 1 amide bonds. The van der Waals surface area contributed by atoms with Gasteiger partial charge in [0, 0.05) is 6.04 Å². The zero-order chi connectivity index (χ0) is 15.9. The third kappa shape index (κ3) is 4.28. The van der Waals surface area contributed by atoms with Crippen molar-refractivity contribution in [2.45, 2.75) is 39.3 Å². The second-order valence-corrected chi connectivity index (χ2v) is 5.36. The van der Waals surface area contributed by atoms with Crippen LogP contribution in [0, 0.1) is 0 Å². The van der Waals surface area contributed by atoms with Gasteiger partial charge in [0.1, 0.15) is 5.82 Å². The predicted molar refractivity (Wildman–Crippen MR) is 87.7 cm³/mol. The molecule has 2 rings (SSSR count). The molecule has 5 heteroatoms. The van der Waals surface area contributed by atoms with E-state index in [0.29, 0.717) is 17.6 Å². The Kier molecular flexibility index (Phi) is 5.47. The summed E-state index contributed by atoms with van der Waals surface area (Å²) in [7, 11) is 0. The Morgan fingerprint density at radius 2 is 1.82 bits per heavy atom. The first-order chi connectivity index (χ1) is 10.6. The number of rotatable bonds is 6. The number of hydrogen-bond donors (Lipinski definition) is 2. The molecule has 0 spiro atoms. The zero-order valence-electron chi connectivity index (χ0n) is 13.2. The fourth-order valence-corrected chi connectivity index (χ4v) is 1.98. The maximum Gasteiger partial charge on any atom is 0.272 e. The van der Waals surface area contributed by atoms with E-state index in [4.69, 9.17) is 0 Å². The van der Waals surface area contributed by atoms with Crippen LogP contribution in [0.15, 0.2) is 42.5 Å². The fourth-order valence-electron chi connectivity index (χ4n) is 1.98. The van der Waals surface area contributed by atoms with Crippen LogP contribution in [0.25, 0.3) is 0 Å². The lowest BCUT2D eigenvalue weighted by Gasteiger charge is -2.14. The van der Waals surface area contributed by atoms with Crippen LogP contribution in [0.4, 0.5) is 5.82 Å². The lowest BCUT2D eigenvalue weighted by Crippen LogP contribution is -2.27. The molecule has 0 aliphatic rings. The number of anilines is 1. The van der Waals surface area contributed by atoms with Crippen LogP contribution < -0.4 is 10.6 Å². The molecule has 1 heterocycles. The standard InChI is InChI=1S/C17H22N4O/c1-4-12(2)18-16-11-10-15(20-21-16)17(22)19-13(3)14-8-6-5-7-9-14/h5-13H,4H2,1-3H3,(H,18,21)(H,19,22). The summed E-state index contributed by atoms with van der Waals surface area (Å²) in [5, 5.41) is 14.2. The summed E-state index contributed by atoms with van der Waals surface area (Å²) in [6.07, 6.45) is 0.999. The van der Waals surface area contributed by atoms with Crippen molar-refractivity contribution in [1.82, 2.24) is 15.5 Å². The molecule has 2 N–H and O–H groups in total. The van der Waals surface area contributed by atoms with Gasteiger partial charge >= 0.3 is 0 Å². The van der Waals surface area contributed by atoms with Gasteiger partial charge in [-0.25, -0.2) is 0 Å². The van der Waals surface area contributed by atoms with Crippen molar-refractivity contribution in [2.24, 2.45) is 0 Å². The second-order valence-electron chi connectivity index (χ2n) is 5.36. The minimum atomic E-state index is -0.223. The highest BCUT2D eigenvalue weighted by molar-refractivity contribution is 5.92. The molecule has 0 radical (unpaired) electrons. The maximum atomic E-state index is 12.2. The second kappa shape index (κ2) is 7.54. The summed E-state index contributed by atoms with van der Waals surface area (Å²) in [6.45, 7) is 6.11. The highest BCUT2D eigenvalue weighted by atomic mass is 16.2. The van der Waals surface area contributed by atoms with Crippen molar-refractivity contribution in [1.29, 1.82) is 0 Å². The monoisotopic (exact) mass is 298 g/mol. The van der Waals surface area contributed by atoms with Crippen LogP contribution >= 0.6 is 0 Å². The summed E-state index contributed by atoms with van der Waals surface area (Å²) < 4.78 is 0. The number of hydrogen-bond acceptors (Lipinski definition) is 4. The molecule has 2 aromatic rings. The van der Waals surface area contributed by atoms with E-state index in [1.165, 1.54) is 0 Å². The van der Waals surface area contributed by atoms with Gasteiger partial charge in [0.25, 0.3) is 5.91 Å². The van der Waals surface area contributed by atoms with E-state index >= 15 is 0 Å². The summed E-state index contributed by atoms with van der Waals surface area (Å²) in [5.41, 5.74) is 1.37. The average molecular weight is 298 g/mol. The van der Waals surface area contributed by atoms with Crippen LogP contribution in [0.5, 0.6) is 0 Å². The summed E-state index contributed by atoms with van der Waals surface area (Å²) in [6, 6.07) is 13.5. The van der Waals surface area contributed by atoms with Gasteiger partial charge in [-0.05, 0) is 38.0 Å². The van der Waals surface area contributed by atoms with Gasteiger partial charge in [0.15, 0.2) is 5.69 Å². The van der Waals surface area contributed by atoms with E-state index in [0.717, 1.165) is 12.0 Å². The molecule has 5 nitrogen and oxygen atoms in total. The van der Waals surface area contributed by atoms with E-state index < -0.39 is 0 Å². The first kappa shape index (κ1) is 15.9. The van der Waals surface area contributed by atoms with Crippen molar-refractivity contribution < 1.29 is 4.79 Å². The third-order valence-corrected chi connectivity index (χ3v) is 3.55. The largest absolute Gasteiger partial charge is 0.366 e. The van der Waals surface area contributed by atoms with E-state index in [1.54, 1.807) is 12.1 Å². The Morgan fingerprint density at radius 3 is 2.41 bits per heavy atom. The highest BCUT2D eigenvalue weighted by Gasteiger charge is 2.13. The average Bonchev–Trinajstić information content (AvgIpc) is 2.56. The summed E-state index contributed by atoms with van der Waals surface area (Å²) in [4.78, 5) is 12.2. The topological polar surface area (TPSA) is 66.9 Å². The Hall–Kier alpha value is -2.43. The molecule has 0 aliphatic carbocycles. The van der Waals surface area contributed by atoms with Gasteiger partial charge in [0.05, 0.1) is 6.04 Å². The van der Waals surface area contributed by atoms with Crippen LogP contribution in [-0.2, 0) is 0 Å². The van der Waals surface area contributed by atoms with Crippen LogP contribution in [-0.4, -0.2) is 22.1 Å². The molecule has 0 saturated carbocycles. The van der Waals surface area contributed by atoms with Crippen molar-refractivity contribution in [3.8, 4) is 0 Å². The van der Waals surface area contributed by atoms with Crippen LogP contribution in [0.2, 0.25) is 0 Å². The Labute approximate surface area is 131 Å². The Balaban J connectivity index is 1.98. The predicted octanol–water partition coefficient (Wildman–Crippen LogP) is 3.18. The number of amides is 1. The molecule has 2 unspecified atom stereocenters. The van der Waals surface area contributed by atoms with Crippen molar-refractivity contribution >= 4 is 11.7 Å². The van der Waals surface area contributed by atoms with Crippen LogP contribution in [0.3, 0.4) is 0 Å². The normalized spacial score (nSPS) is 13.2. The molecule has 0 bridgehead atoms. The summed E-state index contributed by atoms with van der Waals surface area (Å²) >= 11 is 0. The Morgan fingerprint density at radius 1 is 1.09 bits per heavy atom.